The summed E-state index contributed by atoms with van der Waals surface area (Å²) < 4.78 is 5.32. The number of ether oxygens (including phenoxy) is 1. The van der Waals surface area contributed by atoms with Gasteiger partial charge in [0, 0.05) is 0 Å². The van der Waals surface area contributed by atoms with Gasteiger partial charge in [-0.15, -0.1) is 0 Å². The van der Waals surface area contributed by atoms with Crippen LogP contribution in [-0.4, -0.2) is 5.97 Å². The summed E-state index contributed by atoms with van der Waals surface area (Å²) >= 11 is 0. The topological polar surface area (TPSA) is 26.3 Å². The zero-order chi connectivity index (χ0) is 13.8. The first-order valence-corrected chi connectivity index (χ1v) is 6.45. The van der Waals surface area contributed by atoms with Crippen molar-refractivity contribution in [3.63, 3.8) is 0 Å². The standard InChI is InChI=1S/C17H18O2/c1-12(2)17(18)19-16-6-4-5-15(11-16)14-9-7-13(3)8-10-14/h4-12H,1-3H3. The Kier molecular flexibility index (Phi) is 4.00. The van der Waals surface area contributed by atoms with Gasteiger partial charge in [0.2, 0.25) is 0 Å². The van der Waals surface area contributed by atoms with Crippen LogP contribution in [0.15, 0.2) is 48.5 Å². The van der Waals surface area contributed by atoms with Gasteiger partial charge < -0.3 is 4.74 Å². The monoisotopic (exact) mass is 254 g/mol. The fourth-order valence-corrected chi connectivity index (χ4v) is 1.72. The van der Waals surface area contributed by atoms with Crippen LogP contribution >= 0.6 is 0 Å². The summed E-state index contributed by atoms with van der Waals surface area (Å²) in [7, 11) is 0. The minimum Gasteiger partial charge on any atom is -0.426 e. The van der Waals surface area contributed by atoms with Crippen molar-refractivity contribution in [2.75, 3.05) is 0 Å². The van der Waals surface area contributed by atoms with Crippen LogP contribution in [0.2, 0.25) is 0 Å². The minimum absolute atomic E-state index is 0.122. The normalized spacial score (nSPS) is 10.5. The SMILES string of the molecule is Cc1ccc(-c2cccc(OC(=O)C(C)C)c2)cc1. The molecule has 0 saturated carbocycles. The highest BCUT2D eigenvalue weighted by atomic mass is 16.5. The second kappa shape index (κ2) is 5.70. The first kappa shape index (κ1) is 13.3. The van der Waals surface area contributed by atoms with Crippen molar-refractivity contribution in [2.45, 2.75) is 20.8 Å². The molecule has 0 heterocycles. The molecule has 2 aromatic carbocycles. The highest BCUT2D eigenvalue weighted by molar-refractivity contribution is 5.75. The van der Waals surface area contributed by atoms with Gasteiger partial charge in [-0.1, -0.05) is 55.8 Å². The van der Waals surface area contributed by atoms with Crippen molar-refractivity contribution in [1.82, 2.24) is 0 Å². The van der Waals surface area contributed by atoms with E-state index in [1.807, 2.05) is 32.0 Å². The molecular weight excluding hydrogens is 236 g/mol. The quantitative estimate of drug-likeness (QED) is 0.605. The predicted molar refractivity (Wildman–Crippen MR) is 77.1 cm³/mol. The summed E-state index contributed by atoms with van der Waals surface area (Å²) in [5.74, 6) is 0.265. The molecule has 0 spiro atoms. The first-order chi connectivity index (χ1) is 9.06. The third kappa shape index (κ3) is 3.44. The van der Waals surface area contributed by atoms with Crippen LogP contribution in [0.4, 0.5) is 0 Å². The average Bonchev–Trinajstić information content (AvgIpc) is 2.39. The Morgan fingerprint density at radius 2 is 1.68 bits per heavy atom. The van der Waals surface area contributed by atoms with E-state index >= 15 is 0 Å². The highest BCUT2D eigenvalue weighted by Gasteiger charge is 2.10. The number of benzene rings is 2. The van der Waals surface area contributed by atoms with E-state index in [4.69, 9.17) is 4.74 Å². The molecule has 2 heteroatoms. The maximum absolute atomic E-state index is 11.6. The summed E-state index contributed by atoms with van der Waals surface area (Å²) in [5, 5.41) is 0. The molecular formula is C17H18O2. The molecule has 2 nitrogen and oxygen atoms in total. The summed E-state index contributed by atoms with van der Waals surface area (Å²) in [6.07, 6.45) is 0. The van der Waals surface area contributed by atoms with E-state index in [0.29, 0.717) is 5.75 Å². The maximum Gasteiger partial charge on any atom is 0.313 e. The zero-order valence-electron chi connectivity index (χ0n) is 11.5. The summed E-state index contributed by atoms with van der Waals surface area (Å²) in [5.41, 5.74) is 3.40. The molecule has 0 N–H and O–H groups in total. The van der Waals surface area contributed by atoms with Gasteiger partial charge in [-0.2, -0.15) is 0 Å². The van der Waals surface area contributed by atoms with Crippen molar-refractivity contribution in [3.8, 4) is 16.9 Å². The Balaban J connectivity index is 2.24. The summed E-state index contributed by atoms with van der Waals surface area (Å²) in [6, 6.07) is 15.9. The maximum atomic E-state index is 11.6. The molecule has 0 radical (unpaired) electrons. The molecule has 0 aromatic heterocycles. The molecule has 0 unspecified atom stereocenters. The molecule has 0 amide bonds. The van der Waals surface area contributed by atoms with Crippen molar-refractivity contribution in [2.24, 2.45) is 5.92 Å². The van der Waals surface area contributed by atoms with E-state index in [-0.39, 0.29) is 11.9 Å². The lowest BCUT2D eigenvalue weighted by Crippen LogP contribution is -2.14. The fraction of sp³-hybridized carbons (Fsp3) is 0.235. The van der Waals surface area contributed by atoms with Crippen LogP contribution in [0.25, 0.3) is 11.1 Å². The number of esters is 1. The van der Waals surface area contributed by atoms with Crippen LogP contribution in [0.5, 0.6) is 5.75 Å². The number of aryl methyl sites for hydroxylation is 1. The van der Waals surface area contributed by atoms with Gasteiger partial charge in [0.05, 0.1) is 5.92 Å². The molecule has 0 saturated heterocycles. The van der Waals surface area contributed by atoms with Crippen LogP contribution in [0, 0.1) is 12.8 Å². The van der Waals surface area contributed by atoms with E-state index in [9.17, 15) is 4.79 Å². The number of rotatable bonds is 3. The largest absolute Gasteiger partial charge is 0.426 e. The Morgan fingerprint density at radius 3 is 2.32 bits per heavy atom. The predicted octanol–water partition coefficient (Wildman–Crippen LogP) is 4.22. The van der Waals surface area contributed by atoms with Crippen LogP contribution in [-0.2, 0) is 4.79 Å². The Morgan fingerprint density at radius 1 is 1.00 bits per heavy atom. The van der Waals surface area contributed by atoms with Gasteiger partial charge in [0.25, 0.3) is 0 Å². The highest BCUT2D eigenvalue weighted by Crippen LogP contribution is 2.24. The van der Waals surface area contributed by atoms with Gasteiger partial charge in [-0.05, 0) is 30.2 Å². The van der Waals surface area contributed by atoms with E-state index in [1.54, 1.807) is 6.07 Å². The van der Waals surface area contributed by atoms with Crippen molar-refractivity contribution >= 4 is 5.97 Å². The number of carbonyl (C=O) groups is 1. The fourth-order valence-electron chi connectivity index (χ4n) is 1.72. The number of hydrogen-bond acceptors (Lipinski definition) is 2. The van der Waals surface area contributed by atoms with Crippen molar-refractivity contribution < 1.29 is 9.53 Å². The molecule has 2 aromatic rings. The van der Waals surface area contributed by atoms with E-state index in [0.717, 1.165) is 11.1 Å². The third-order valence-electron chi connectivity index (χ3n) is 2.91. The molecule has 98 valence electrons. The Hall–Kier alpha value is -2.09. The van der Waals surface area contributed by atoms with Gasteiger partial charge in [-0.3, -0.25) is 4.79 Å². The van der Waals surface area contributed by atoms with Crippen LogP contribution < -0.4 is 4.74 Å². The molecule has 0 bridgehead atoms. The first-order valence-electron chi connectivity index (χ1n) is 6.45. The second-order valence-electron chi connectivity index (χ2n) is 4.97. The van der Waals surface area contributed by atoms with Gasteiger partial charge in [0.15, 0.2) is 0 Å². The van der Waals surface area contributed by atoms with Gasteiger partial charge >= 0.3 is 5.97 Å². The van der Waals surface area contributed by atoms with Crippen molar-refractivity contribution in [3.05, 3.63) is 54.1 Å². The average molecular weight is 254 g/mol. The molecule has 0 fully saturated rings. The van der Waals surface area contributed by atoms with Crippen molar-refractivity contribution in [1.29, 1.82) is 0 Å². The van der Waals surface area contributed by atoms with Gasteiger partial charge in [0.1, 0.15) is 5.75 Å². The third-order valence-corrected chi connectivity index (χ3v) is 2.91. The molecule has 2 rings (SSSR count). The molecule has 0 aliphatic heterocycles. The molecule has 19 heavy (non-hydrogen) atoms. The molecule has 0 atom stereocenters. The Bertz CT molecular complexity index is 568. The number of hydrogen-bond donors (Lipinski definition) is 0. The lowest BCUT2D eigenvalue weighted by atomic mass is 10.0. The van der Waals surface area contributed by atoms with Crippen LogP contribution in [0.1, 0.15) is 19.4 Å². The minimum atomic E-state index is -0.207. The Labute approximate surface area is 114 Å². The zero-order valence-corrected chi connectivity index (χ0v) is 11.5. The smallest absolute Gasteiger partial charge is 0.313 e. The van der Waals surface area contributed by atoms with E-state index in [2.05, 4.69) is 31.2 Å². The van der Waals surface area contributed by atoms with Gasteiger partial charge in [-0.25, -0.2) is 0 Å². The molecule has 0 aliphatic carbocycles. The van der Waals surface area contributed by atoms with E-state index in [1.165, 1.54) is 5.56 Å². The lowest BCUT2D eigenvalue weighted by Gasteiger charge is -2.08. The van der Waals surface area contributed by atoms with Crippen LogP contribution in [0.3, 0.4) is 0 Å². The summed E-state index contributed by atoms with van der Waals surface area (Å²) in [4.78, 5) is 11.6. The molecule has 0 aliphatic rings. The van der Waals surface area contributed by atoms with E-state index < -0.39 is 0 Å². The summed E-state index contributed by atoms with van der Waals surface area (Å²) in [6.45, 7) is 5.71. The number of carbonyl (C=O) groups excluding carboxylic acids is 1. The lowest BCUT2D eigenvalue weighted by molar-refractivity contribution is -0.137. The second-order valence-corrected chi connectivity index (χ2v) is 4.97.